The molecule has 0 saturated carbocycles. The molecule has 2 aromatic rings. The summed E-state index contributed by atoms with van der Waals surface area (Å²) in [7, 11) is 0. The lowest BCUT2D eigenvalue weighted by molar-refractivity contribution is -0.140. The summed E-state index contributed by atoms with van der Waals surface area (Å²) < 4.78 is 56.3. The molecule has 0 spiro atoms. The first-order chi connectivity index (χ1) is 9.77. The third-order valence-corrected chi connectivity index (χ3v) is 2.59. The second kappa shape index (κ2) is 5.43. The van der Waals surface area contributed by atoms with Crippen molar-refractivity contribution >= 4 is 12.0 Å². The highest BCUT2D eigenvalue weighted by Gasteiger charge is 2.34. The second-order valence-corrected chi connectivity index (χ2v) is 4.13. The molecule has 0 unspecified atom stereocenters. The van der Waals surface area contributed by atoms with Crippen LogP contribution in [0.25, 0.3) is 17.4 Å². The van der Waals surface area contributed by atoms with Gasteiger partial charge in [0.25, 0.3) is 0 Å². The zero-order valence-electron chi connectivity index (χ0n) is 10.4. The minimum absolute atomic E-state index is 0.0717. The third kappa shape index (κ3) is 3.50. The molecule has 2 rings (SSSR count). The van der Waals surface area contributed by atoms with Gasteiger partial charge in [-0.05, 0) is 36.4 Å². The molecule has 21 heavy (non-hydrogen) atoms. The molecule has 110 valence electrons. The number of alkyl halides is 3. The number of primary amides is 1. The fourth-order valence-electron chi connectivity index (χ4n) is 1.66. The Hall–Kier alpha value is -2.57. The van der Waals surface area contributed by atoms with Crippen molar-refractivity contribution in [2.24, 2.45) is 5.73 Å². The number of nitrogens with two attached hydrogens (primary N) is 1. The van der Waals surface area contributed by atoms with Crippen molar-refractivity contribution < 1.29 is 26.8 Å². The van der Waals surface area contributed by atoms with Crippen LogP contribution in [0.5, 0.6) is 0 Å². The smallest absolute Gasteiger partial charge is 0.419 e. The molecule has 0 radical (unpaired) electrons. The van der Waals surface area contributed by atoms with Gasteiger partial charge in [-0.25, -0.2) is 4.39 Å². The van der Waals surface area contributed by atoms with E-state index in [1.54, 1.807) is 0 Å². The maximum atomic E-state index is 13.2. The van der Waals surface area contributed by atoms with Gasteiger partial charge in [0.1, 0.15) is 17.3 Å². The van der Waals surface area contributed by atoms with Gasteiger partial charge in [0.2, 0.25) is 5.91 Å². The summed E-state index contributed by atoms with van der Waals surface area (Å²) in [4.78, 5) is 10.6. The van der Waals surface area contributed by atoms with Gasteiger partial charge in [-0.15, -0.1) is 0 Å². The van der Waals surface area contributed by atoms with Crippen molar-refractivity contribution in [1.82, 2.24) is 0 Å². The Balaban J connectivity index is 2.37. The van der Waals surface area contributed by atoms with Crippen LogP contribution in [0.1, 0.15) is 11.3 Å². The van der Waals surface area contributed by atoms with E-state index >= 15 is 0 Å². The van der Waals surface area contributed by atoms with Crippen LogP contribution >= 0.6 is 0 Å². The van der Waals surface area contributed by atoms with Gasteiger partial charge in [-0.3, -0.25) is 4.79 Å². The van der Waals surface area contributed by atoms with Gasteiger partial charge in [0.15, 0.2) is 0 Å². The molecule has 7 heteroatoms. The Bertz CT molecular complexity index is 701. The predicted molar refractivity (Wildman–Crippen MR) is 67.3 cm³/mol. The average Bonchev–Trinajstić information content (AvgIpc) is 2.84. The molecular formula is C14H9F4NO2. The molecule has 0 fully saturated rings. The molecule has 1 aromatic carbocycles. The first-order valence-corrected chi connectivity index (χ1v) is 5.72. The lowest BCUT2D eigenvalue weighted by atomic mass is 10.1. The van der Waals surface area contributed by atoms with E-state index in [0.29, 0.717) is 6.07 Å². The maximum Gasteiger partial charge on any atom is 0.419 e. The third-order valence-electron chi connectivity index (χ3n) is 2.59. The molecule has 2 N–H and O–H groups in total. The van der Waals surface area contributed by atoms with E-state index in [4.69, 9.17) is 10.2 Å². The number of amides is 1. The number of carbonyl (C=O) groups is 1. The van der Waals surface area contributed by atoms with Gasteiger partial charge in [0, 0.05) is 11.6 Å². The molecule has 0 bridgehead atoms. The number of furan rings is 1. The van der Waals surface area contributed by atoms with Crippen LogP contribution in [-0.4, -0.2) is 5.91 Å². The van der Waals surface area contributed by atoms with Gasteiger partial charge in [-0.2, -0.15) is 13.2 Å². The van der Waals surface area contributed by atoms with E-state index in [1.165, 1.54) is 24.3 Å². The highest BCUT2D eigenvalue weighted by Crippen LogP contribution is 2.34. The molecule has 0 aliphatic rings. The summed E-state index contributed by atoms with van der Waals surface area (Å²) in [6.45, 7) is 0. The normalized spacial score (nSPS) is 12.0. The van der Waals surface area contributed by atoms with E-state index in [1.807, 2.05) is 0 Å². The van der Waals surface area contributed by atoms with E-state index in [-0.39, 0.29) is 17.1 Å². The molecule has 0 aliphatic carbocycles. The SMILES string of the molecule is NC(=O)/C=C/c1ccc(-c2ccc(F)c(C(F)(F)F)c2)o1. The molecule has 0 aliphatic heterocycles. The fourth-order valence-corrected chi connectivity index (χ4v) is 1.66. The molecule has 1 aromatic heterocycles. The van der Waals surface area contributed by atoms with Gasteiger partial charge < -0.3 is 10.2 Å². The van der Waals surface area contributed by atoms with Crippen molar-refractivity contribution in [2.45, 2.75) is 6.18 Å². The van der Waals surface area contributed by atoms with E-state index in [0.717, 1.165) is 12.1 Å². The average molecular weight is 299 g/mol. The fraction of sp³-hybridized carbons (Fsp3) is 0.0714. The minimum atomic E-state index is -4.79. The van der Waals surface area contributed by atoms with Gasteiger partial charge >= 0.3 is 6.18 Å². The number of hydrogen-bond donors (Lipinski definition) is 1. The van der Waals surface area contributed by atoms with Crippen molar-refractivity contribution in [3.8, 4) is 11.3 Å². The first kappa shape index (κ1) is 14.8. The topological polar surface area (TPSA) is 56.2 Å². The summed E-state index contributed by atoms with van der Waals surface area (Å²) in [5.74, 6) is -1.69. The van der Waals surface area contributed by atoms with Crippen LogP contribution in [0.3, 0.4) is 0 Å². The summed E-state index contributed by atoms with van der Waals surface area (Å²) >= 11 is 0. The van der Waals surface area contributed by atoms with Crippen LogP contribution in [0.4, 0.5) is 17.6 Å². The molecule has 0 saturated heterocycles. The monoisotopic (exact) mass is 299 g/mol. The predicted octanol–water partition coefficient (Wildman–Crippen LogP) is 3.60. The van der Waals surface area contributed by atoms with Crippen molar-refractivity contribution in [2.75, 3.05) is 0 Å². The number of carbonyl (C=O) groups excluding carboxylic acids is 1. The zero-order valence-corrected chi connectivity index (χ0v) is 10.4. The van der Waals surface area contributed by atoms with Crippen LogP contribution in [0.15, 0.2) is 40.8 Å². The summed E-state index contributed by atoms with van der Waals surface area (Å²) in [5.41, 5.74) is 3.61. The molecule has 1 heterocycles. The van der Waals surface area contributed by atoms with Crippen molar-refractivity contribution in [3.05, 3.63) is 53.5 Å². The molecule has 3 nitrogen and oxygen atoms in total. The molecule has 0 atom stereocenters. The van der Waals surface area contributed by atoms with Crippen LogP contribution in [0.2, 0.25) is 0 Å². The number of rotatable bonds is 3. The zero-order chi connectivity index (χ0) is 15.6. The van der Waals surface area contributed by atoms with Gasteiger partial charge in [-0.1, -0.05) is 0 Å². The summed E-state index contributed by atoms with van der Waals surface area (Å²) in [5, 5.41) is 0. The van der Waals surface area contributed by atoms with E-state index < -0.39 is 23.5 Å². The Morgan fingerprint density at radius 2 is 1.90 bits per heavy atom. The Morgan fingerprint density at radius 3 is 2.52 bits per heavy atom. The highest BCUT2D eigenvalue weighted by molar-refractivity contribution is 5.89. The van der Waals surface area contributed by atoms with Crippen LogP contribution in [0, 0.1) is 5.82 Å². The largest absolute Gasteiger partial charge is 0.457 e. The standard InChI is InChI=1S/C14H9F4NO2/c15-11-4-1-8(7-10(11)14(16,17)18)12-5-2-9(21-12)3-6-13(19)20/h1-7H,(H2,19,20)/b6-3+. The van der Waals surface area contributed by atoms with E-state index in [9.17, 15) is 22.4 Å². The Labute approximate surface area is 116 Å². The maximum absolute atomic E-state index is 13.2. The summed E-state index contributed by atoms with van der Waals surface area (Å²) in [6, 6.07) is 5.42. The molecule has 1 amide bonds. The van der Waals surface area contributed by atoms with Crippen molar-refractivity contribution in [1.29, 1.82) is 0 Å². The minimum Gasteiger partial charge on any atom is -0.457 e. The highest BCUT2D eigenvalue weighted by atomic mass is 19.4. The Kier molecular flexibility index (Phi) is 3.84. The van der Waals surface area contributed by atoms with E-state index in [2.05, 4.69) is 0 Å². The number of benzene rings is 1. The second-order valence-electron chi connectivity index (χ2n) is 4.13. The summed E-state index contributed by atoms with van der Waals surface area (Å²) in [6.07, 6.45) is -2.46. The first-order valence-electron chi connectivity index (χ1n) is 5.72. The van der Waals surface area contributed by atoms with Crippen molar-refractivity contribution in [3.63, 3.8) is 0 Å². The number of halogens is 4. The quantitative estimate of drug-likeness (QED) is 0.695. The van der Waals surface area contributed by atoms with Gasteiger partial charge in [0.05, 0.1) is 5.56 Å². The van der Waals surface area contributed by atoms with Crippen LogP contribution in [-0.2, 0) is 11.0 Å². The number of hydrogen-bond acceptors (Lipinski definition) is 2. The molecular weight excluding hydrogens is 290 g/mol. The lowest BCUT2D eigenvalue weighted by Gasteiger charge is -2.08. The van der Waals surface area contributed by atoms with Crippen LogP contribution < -0.4 is 5.73 Å². The Morgan fingerprint density at radius 1 is 1.19 bits per heavy atom. The lowest BCUT2D eigenvalue weighted by Crippen LogP contribution is -2.08.